The predicted molar refractivity (Wildman–Crippen MR) is 215 cm³/mol. The summed E-state index contributed by atoms with van der Waals surface area (Å²) in [5.74, 6) is -0.0717. The average Bonchev–Trinajstić information content (AvgIpc) is 3.63. The third-order valence-electron chi connectivity index (χ3n) is 12.0. The van der Waals surface area contributed by atoms with E-state index in [9.17, 15) is 14.4 Å². The van der Waals surface area contributed by atoms with E-state index >= 15 is 4.39 Å². The highest BCUT2D eigenvalue weighted by Crippen LogP contribution is 2.44. The number of hydrogen-bond donors (Lipinski definition) is 2. The summed E-state index contributed by atoms with van der Waals surface area (Å²) in [6, 6.07) is 11.9. The molecule has 4 bridgehead atoms. The molecular formula is C43H48ClFN8O4. The highest BCUT2D eigenvalue weighted by Gasteiger charge is 2.44. The van der Waals surface area contributed by atoms with Crippen molar-refractivity contribution in [2.24, 2.45) is 5.92 Å². The number of halogens is 2. The Labute approximate surface area is 335 Å². The average molecular weight is 795 g/mol. The van der Waals surface area contributed by atoms with Gasteiger partial charge in [-0.25, -0.2) is 24.1 Å². The molecule has 5 aromatic rings. The van der Waals surface area contributed by atoms with Gasteiger partial charge in [-0.05, 0) is 127 Å². The topological polar surface area (TPSA) is 136 Å². The number of nitrogens with zero attached hydrogens (tertiary/aromatic N) is 6. The predicted octanol–water partition coefficient (Wildman–Crippen LogP) is 8.31. The van der Waals surface area contributed by atoms with Crippen LogP contribution in [0.4, 0.5) is 9.18 Å². The van der Waals surface area contributed by atoms with Gasteiger partial charge < -0.3 is 29.4 Å². The van der Waals surface area contributed by atoms with Gasteiger partial charge >= 0.3 is 6.09 Å². The largest absolute Gasteiger partial charge is 0.444 e. The number of rotatable bonds is 4. The third-order valence-corrected chi connectivity index (χ3v) is 12.2. The monoisotopic (exact) mass is 794 g/mol. The maximum Gasteiger partial charge on any atom is 0.407 e. The molecule has 57 heavy (non-hydrogen) atoms. The van der Waals surface area contributed by atoms with Crippen LogP contribution in [0, 0.1) is 11.7 Å². The van der Waals surface area contributed by atoms with E-state index in [0.29, 0.717) is 58.5 Å². The number of benzene rings is 1. The van der Waals surface area contributed by atoms with Crippen molar-refractivity contribution in [3.8, 4) is 11.5 Å². The Morgan fingerprint density at radius 2 is 1.79 bits per heavy atom. The number of likely N-dealkylation sites (tertiary alicyclic amines) is 1. The van der Waals surface area contributed by atoms with Crippen molar-refractivity contribution in [1.82, 2.24) is 39.6 Å². The molecule has 2 aliphatic heterocycles. The summed E-state index contributed by atoms with van der Waals surface area (Å²) in [5.41, 5.74) is 3.94. The standard InChI is InChI=1S/C43H48ClFN8O4/c1-23-31-15-10-25-21-35(51(38(25)48-31)17-7-5-6-8-32-29(40(54)46-23)14-16-36(44)47-32)39-49-33-20-26(19-30(45)37(33)53(39)27-12-13-27)41(55)52-22-34(24-9-11-28(52)18-24)50-42(56)57-43(2,3)4/h10,14-16,19-21,23-24,27-28,34H,5-9,11-13,17-18,22H2,1-4H3,(H,46,54)(H,50,56)/t23-,24-,28+,34+/m1/s1. The van der Waals surface area contributed by atoms with Crippen LogP contribution < -0.4 is 10.6 Å². The molecule has 0 spiro atoms. The van der Waals surface area contributed by atoms with Gasteiger partial charge in [0.1, 0.15) is 27.7 Å². The maximum absolute atomic E-state index is 16.5. The number of carbonyl (C=O) groups is 3. The molecule has 0 radical (unpaired) electrons. The summed E-state index contributed by atoms with van der Waals surface area (Å²) >= 11 is 6.24. The van der Waals surface area contributed by atoms with Gasteiger partial charge in [-0.1, -0.05) is 18.0 Å². The minimum atomic E-state index is -0.638. The maximum atomic E-state index is 16.5. The van der Waals surface area contributed by atoms with Crippen LogP contribution in [0.25, 0.3) is 33.6 Å². The molecule has 1 aromatic carbocycles. The smallest absolute Gasteiger partial charge is 0.407 e. The summed E-state index contributed by atoms with van der Waals surface area (Å²) in [5, 5.41) is 7.40. The fourth-order valence-corrected chi connectivity index (χ4v) is 9.28. The number of aromatic nitrogens is 5. The zero-order chi connectivity index (χ0) is 39.7. The van der Waals surface area contributed by atoms with Gasteiger partial charge in [-0.3, -0.25) is 9.59 Å². The van der Waals surface area contributed by atoms with Gasteiger partial charge in [-0.2, -0.15) is 0 Å². The Hall–Kier alpha value is -5.04. The first kappa shape index (κ1) is 37.5. The van der Waals surface area contributed by atoms with E-state index in [2.05, 4.69) is 26.3 Å². The fraction of sp³-hybridized carbons (Fsp3) is 0.488. The number of pyridine rings is 2. The zero-order valence-corrected chi connectivity index (χ0v) is 33.5. The summed E-state index contributed by atoms with van der Waals surface area (Å²) in [6.07, 6.45) is 6.95. The molecule has 2 saturated carbocycles. The number of amides is 3. The van der Waals surface area contributed by atoms with E-state index in [4.69, 9.17) is 26.3 Å². The molecule has 298 valence electrons. The van der Waals surface area contributed by atoms with Crippen molar-refractivity contribution >= 4 is 51.6 Å². The van der Waals surface area contributed by atoms with Crippen molar-refractivity contribution in [2.45, 2.75) is 122 Å². The Balaban J connectivity index is 1.06. The molecule has 1 saturated heterocycles. The summed E-state index contributed by atoms with van der Waals surface area (Å²) in [4.78, 5) is 57.0. The highest BCUT2D eigenvalue weighted by molar-refractivity contribution is 6.29. The van der Waals surface area contributed by atoms with Gasteiger partial charge in [0, 0.05) is 36.1 Å². The van der Waals surface area contributed by atoms with Crippen LogP contribution in [0.3, 0.4) is 0 Å². The van der Waals surface area contributed by atoms with Crippen molar-refractivity contribution in [1.29, 1.82) is 0 Å². The molecule has 4 aromatic heterocycles. The van der Waals surface area contributed by atoms with Crippen LogP contribution in [0.2, 0.25) is 5.15 Å². The van der Waals surface area contributed by atoms with Gasteiger partial charge in [0.05, 0.1) is 40.2 Å². The molecule has 2 aliphatic carbocycles. The molecule has 4 atom stereocenters. The number of imidazole rings is 1. The molecule has 2 N–H and O–H groups in total. The number of piperidine rings is 1. The van der Waals surface area contributed by atoms with Crippen molar-refractivity contribution in [2.75, 3.05) is 6.54 Å². The van der Waals surface area contributed by atoms with Gasteiger partial charge in [0.15, 0.2) is 5.82 Å². The highest BCUT2D eigenvalue weighted by atomic mass is 35.5. The lowest BCUT2D eigenvalue weighted by molar-refractivity contribution is 0.0390. The van der Waals surface area contributed by atoms with E-state index in [0.717, 1.165) is 68.1 Å². The normalized spacial score (nSPS) is 22.7. The second-order valence-corrected chi connectivity index (χ2v) is 17.7. The van der Waals surface area contributed by atoms with Crippen molar-refractivity contribution < 1.29 is 23.5 Å². The lowest BCUT2D eigenvalue weighted by Gasteiger charge is -2.39. The lowest BCUT2D eigenvalue weighted by Crippen LogP contribution is -2.55. The van der Waals surface area contributed by atoms with Crippen molar-refractivity contribution in [3.05, 3.63) is 75.9 Å². The minimum absolute atomic E-state index is 0.0273. The molecule has 3 fully saturated rings. The van der Waals surface area contributed by atoms with E-state index in [-0.39, 0.29) is 47.5 Å². The first-order valence-corrected chi connectivity index (χ1v) is 20.7. The van der Waals surface area contributed by atoms with E-state index < -0.39 is 17.5 Å². The molecule has 12 nitrogen and oxygen atoms in total. The Bertz CT molecular complexity index is 2430. The molecule has 14 heteroatoms. The molecule has 4 aliphatic rings. The third kappa shape index (κ3) is 7.23. The quantitative estimate of drug-likeness (QED) is 0.175. The molecular weight excluding hydrogens is 747 g/mol. The fourth-order valence-electron chi connectivity index (χ4n) is 9.12. The number of nitrogens with one attached hydrogen (secondary N) is 2. The van der Waals surface area contributed by atoms with Gasteiger partial charge in [0.25, 0.3) is 11.8 Å². The number of ether oxygens (including phenoxy) is 1. The molecule has 9 rings (SSSR count). The van der Waals surface area contributed by atoms with Gasteiger partial charge in [0.2, 0.25) is 0 Å². The summed E-state index contributed by atoms with van der Waals surface area (Å²) in [7, 11) is 0. The number of alkyl carbamates (subject to hydrolysis) is 1. The number of aryl methyl sites for hydroxylation is 2. The number of fused-ring (bicyclic) bond motifs is 5. The summed E-state index contributed by atoms with van der Waals surface area (Å²) < 4.78 is 26.3. The van der Waals surface area contributed by atoms with Crippen LogP contribution in [-0.4, -0.2) is 71.1 Å². The molecule has 0 unspecified atom stereocenters. The van der Waals surface area contributed by atoms with E-state index in [1.807, 2.05) is 44.4 Å². The van der Waals surface area contributed by atoms with Crippen LogP contribution in [0.5, 0.6) is 0 Å². The minimum Gasteiger partial charge on any atom is -0.444 e. The molecule has 3 amide bonds. The van der Waals surface area contributed by atoms with Crippen molar-refractivity contribution in [3.63, 3.8) is 0 Å². The zero-order valence-electron chi connectivity index (χ0n) is 32.8. The second kappa shape index (κ2) is 14.4. The Kier molecular flexibility index (Phi) is 9.49. The molecule has 6 heterocycles. The van der Waals surface area contributed by atoms with E-state index in [1.54, 1.807) is 23.1 Å². The van der Waals surface area contributed by atoms with E-state index in [1.165, 1.54) is 6.07 Å². The Morgan fingerprint density at radius 1 is 0.982 bits per heavy atom. The van der Waals surface area contributed by atoms with Crippen LogP contribution in [0.1, 0.15) is 123 Å². The summed E-state index contributed by atoms with van der Waals surface area (Å²) in [6.45, 7) is 8.37. The van der Waals surface area contributed by atoms with Gasteiger partial charge in [-0.15, -0.1) is 0 Å². The van der Waals surface area contributed by atoms with Crippen LogP contribution in [-0.2, 0) is 17.7 Å². The SMILES string of the molecule is C[C@H]1NC(=O)c2ccc(Cl)nc2CCCCCn2c(-c3nc4cc(C(=O)N5C[C@H](NC(=O)OC(C)(C)C)[C@@H]6CC[C@H]5C6)cc(F)c4n3C3CC3)cc3ccc1nc32. The Morgan fingerprint density at radius 3 is 2.58 bits per heavy atom. The first-order chi connectivity index (χ1) is 27.3. The lowest BCUT2D eigenvalue weighted by atomic mass is 9.93. The first-order valence-electron chi connectivity index (χ1n) is 20.3. The van der Waals surface area contributed by atoms with Crippen LogP contribution in [0.15, 0.2) is 42.5 Å². The number of hydrogen-bond acceptors (Lipinski definition) is 7. The van der Waals surface area contributed by atoms with Crippen LogP contribution >= 0.6 is 11.6 Å². The number of carbonyl (C=O) groups excluding carboxylic acids is 3. The second-order valence-electron chi connectivity index (χ2n) is 17.3.